The number of carbonyl (C=O) groups is 1. The number of ether oxygens (including phenoxy) is 1. The number of aromatic nitrogens is 2. The van der Waals surface area contributed by atoms with E-state index < -0.39 is 0 Å². The highest BCUT2D eigenvalue weighted by atomic mass is 35.5. The maximum absolute atomic E-state index is 12.8. The quantitative estimate of drug-likeness (QED) is 0.357. The van der Waals surface area contributed by atoms with Crippen LogP contribution in [0.4, 0.5) is 5.69 Å². The van der Waals surface area contributed by atoms with Gasteiger partial charge in [-0.05, 0) is 71.4 Å². The van der Waals surface area contributed by atoms with E-state index in [4.69, 9.17) is 16.3 Å². The average molecular weight is 414 g/mol. The van der Waals surface area contributed by atoms with Crippen LogP contribution in [0.15, 0.2) is 85.2 Å². The summed E-state index contributed by atoms with van der Waals surface area (Å²) in [5, 5.41) is 6.20. The van der Waals surface area contributed by atoms with Crippen molar-refractivity contribution >= 4 is 45.0 Å². The van der Waals surface area contributed by atoms with Crippen LogP contribution in [0.2, 0.25) is 5.02 Å². The summed E-state index contributed by atoms with van der Waals surface area (Å²) in [5.74, 6) is 1.23. The Morgan fingerprint density at radius 3 is 2.70 bits per heavy atom. The molecule has 0 bridgehead atoms. The molecular formula is C24H16ClN3O2. The molecule has 2 aromatic heterocycles. The summed E-state index contributed by atoms with van der Waals surface area (Å²) in [7, 11) is 0. The molecule has 0 aliphatic carbocycles. The largest absolute Gasteiger partial charge is 0.457 e. The lowest BCUT2D eigenvalue weighted by atomic mass is 10.0. The third-order valence-corrected chi connectivity index (χ3v) is 5.10. The van der Waals surface area contributed by atoms with E-state index in [1.165, 1.54) is 0 Å². The lowest BCUT2D eigenvalue weighted by Crippen LogP contribution is -2.12. The van der Waals surface area contributed by atoms with Crippen molar-refractivity contribution in [2.45, 2.75) is 0 Å². The molecule has 0 saturated heterocycles. The number of benzene rings is 3. The van der Waals surface area contributed by atoms with Crippen molar-refractivity contribution in [3.05, 3.63) is 95.8 Å². The third-order valence-electron chi connectivity index (χ3n) is 4.85. The Kier molecular flexibility index (Phi) is 4.58. The number of pyridine rings is 1. The first-order valence-electron chi connectivity index (χ1n) is 9.37. The Morgan fingerprint density at radius 1 is 0.967 bits per heavy atom. The van der Waals surface area contributed by atoms with E-state index in [1.54, 1.807) is 36.5 Å². The van der Waals surface area contributed by atoms with Gasteiger partial charge in [-0.25, -0.2) is 4.98 Å². The molecule has 0 aliphatic rings. The molecule has 0 atom stereocenters. The van der Waals surface area contributed by atoms with Gasteiger partial charge in [0.1, 0.15) is 17.1 Å². The zero-order valence-corrected chi connectivity index (χ0v) is 16.5. The van der Waals surface area contributed by atoms with Gasteiger partial charge in [0, 0.05) is 28.7 Å². The van der Waals surface area contributed by atoms with E-state index in [2.05, 4.69) is 15.3 Å². The highest BCUT2D eigenvalue weighted by Crippen LogP contribution is 2.31. The molecule has 5 aromatic rings. The summed E-state index contributed by atoms with van der Waals surface area (Å²) >= 11 is 5.91. The van der Waals surface area contributed by atoms with Crippen LogP contribution in [0.5, 0.6) is 11.5 Å². The Balaban J connectivity index is 1.45. The van der Waals surface area contributed by atoms with E-state index in [1.807, 2.05) is 48.7 Å². The van der Waals surface area contributed by atoms with Crippen molar-refractivity contribution in [2.24, 2.45) is 0 Å². The lowest BCUT2D eigenvalue weighted by Gasteiger charge is -2.11. The van der Waals surface area contributed by atoms with Gasteiger partial charge in [-0.2, -0.15) is 0 Å². The SMILES string of the molecule is O=C(Nc1ccc(Cl)cc1)c1cccc2cc(Oc3ccnc4[nH]ccc34)ccc12. The number of carbonyl (C=O) groups excluding carboxylic acids is 1. The van der Waals surface area contributed by atoms with Crippen LogP contribution in [0, 0.1) is 0 Å². The number of hydrogen-bond donors (Lipinski definition) is 2. The number of rotatable bonds is 4. The molecule has 2 N–H and O–H groups in total. The smallest absolute Gasteiger partial charge is 0.256 e. The highest BCUT2D eigenvalue weighted by Gasteiger charge is 2.12. The first kappa shape index (κ1) is 18.2. The minimum atomic E-state index is -0.181. The van der Waals surface area contributed by atoms with Gasteiger partial charge in [0.05, 0.1) is 5.39 Å². The maximum Gasteiger partial charge on any atom is 0.256 e. The number of fused-ring (bicyclic) bond motifs is 2. The second-order valence-electron chi connectivity index (χ2n) is 6.80. The van der Waals surface area contributed by atoms with Crippen LogP contribution in [0.25, 0.3) is 21.8 Å². The second-order valence-corrected chi connectivity index (χ2v) is 7.24. The standard InChI is InChI=1S/C24H16ClN3O2/c25-16-4-6-17(7-5-16)28-24(29)20-3-1-2-15-14-18(8-9-19(15)20)30-22-11-13-27-23-21(22)10-12-26-23/h1-14H,(H,26,27)(H,28,29). The second kappa shape index (κ2) is 7.54. The monoisotopic (exact) mass is 413 g/mol. The van der Waals surface area contributed by atoms with Crippen LogP contribution in [0.1, 0.15) is 10.4 Å². The molecule has 30 heavy (non-hydrogen) atoms. The van der Waals surface area contributed by atoms with E-state index in [-0.39, 0.29) is 5.91 Å². The Labute approximate surface area is 177 Å². The molecule has 0 fully saturated rings. The van der Waals surface area contributed by atoms with Gasteiger partial charge >= 0.3 is 0 Å². The predicted octanol–water partition coefficient (Wildman–Crippen LogP) is 6.41. The number of halogens is 1. The number of aromatic amines is 1. The third kappa shape index (κ3) is 3.47. The molecule has 6 heteroatoms. The van der Waals surface area contributed by atoms with Gasteiger partial charge in [0.25, 0.3) is 5.91 Å². The topological polar surface area (TPSA) is 67.0 Å². The van der Waals surface area contributed by atoms with Crippen LogP contribution in [0.3, 0.4) is 0 Å². The lowest BCUT2D eigenvalue weighted by molar-refractivity contribution is 0.102. The zero-order chi connectivity index (χ0) is 20.5. The number of anilines is 1. The molecule has 1 amide bonds. The summed E-state index contributed by atoms with van der Waals surface area (Å²) < 4.78 is 6.09. The Hall–Kier alpha value is -3.83. The molecule has 3 aromatic carbocycles. The van der Waals surface area contributed by atoms with Gasteiger partial charge in [-0.15, -0.1) is 0 Å². The molecule has 0 unspecified atom stereocenters. The maximum atomic E-state index is 12.8. The van der Waals surface area contributed by atoms with Crippen molar-refractivity contribution in [3.8, 4) is 11.5 Å². The molecule has 5 nitrogen and oxygen atoms in total. The molecule has 0 spiro atoms. The number of H-pyrrole nitrogens is 1. The summed E-state index contributed by atoms with van der Waals surface area (Å²) in [5.41, 5.74) is 2.05. The predicted molar refractivity (Wildman–Crippen MR) is 120 cm³/mol. The molecule has 0 radical (unpaired) electrons. The van der Waals surface area contributed by atoms with Crippen molar-refractivity contribution in [1.29, 1.82) is 0 Å². The van der Waals surface area contributed by atoms with Crippen molar-refractivity contribution in [2.75, 3.05) is 5.32 Å². The van der Waals surface area contributed by atoms with E-state index in [9.17, 15) is 4.79 Å². The normalized spacial score (nSPS) is 11.0. The Bertz CT molecular complexity index is 1380. The fourth-order valence-electron chi connectivity index (χ4n) is 3.41. The van der Waals surface area contributed by atoms with Gasteiger partial charge in [0.15, 0.2) is 0 Å². The van der Waals surface area contributed by atoms with E-state index in [0.717, 1.165) is 27.6 Å². The minimum Gasteiger partial charge on any atom is -0.457 e. The molecule has 2 heterocycles. The summed E-state index contributed by atoms with van der Waals surface area (Å²) in [6.07, 6.45) is 3.53. The zero-order valence-electron chi connectivity index (χ0n) is 15.7. The van der Waals surface area contributed by atoms with E-state index >= 15 is 0 Å². The van der Waals surface area contributed by atoms with E-state index in [0.29, 0.717) is 22.0 Å². The summed E-state index contributed by atoms with van der Waals surface area (Å²) in [6, 6.07) is 22.1. The number of amides is 1. The molecule has 146 valence electrons. The molecular weight excluding hydrogens is 398 g/mol. The van der Waals surface area contributed by atoms with Gasteiger partial charge in [-0.1, -0.05) is 23.7 Å². The van der Waals surface area contributed by atoms with Crippen LogP contribution in [-0.4, -0.2) is 15.9 Å². The summed E-state index contributed by atoms with van der Waals surface area (Å²) in [6.45, 7) is 0. The minimum absolute atomic E-state index is 0.181. The Morgan fingerprint density at radius 2 is 1.83 bits per heavy atom. The number of nitrogens with zero attached hydrogens (tertiary/aromatic N) is 1. The first-order valence-corrected chi connectivity index (χ1v) is 9.75. The summed E-state index contributed by atoms with van der Waals surface area (Å²) in [4.78, 5) is 20.2. The van der Waals surface area contributed by atoms with Crippen LogP contribution in [-0.2, 0) is 0 Å². The van der Waals surface area contributed by atoms with Crippen LogP contribution >= 0.6 is 11.6 Å². The number of hydrogen-bond acceptors (Lipinski definition) is 3. The van der Waals surface area contributed by atoms with Crippen molar-refractivity contribution in [1.82, 2.24) is 9.97 Å². The fraction of sp³-hybridized carbons (Fsp3) is 0. The molecule has 0 aliphatic heterocycles. The van der Waals surface area contributed by atoms with Crippen molar-refractivity contribution in [3.63, 3.8) is 0 Å². The van der Waals surface area contributed by atoms with Crippen molar-refractivity contribution < 1.29 is 9.53 Å². The number of nitrogens with one attached hydrogen (secondary N) is 2. The fourth-order valence-corrected chi connectivity index (χ4v) is 3.53. The van der Waals surface area contributed by atoms with Crippen LogP contribution < -0.4 is 10.1 Å². The van der Waals surface area contributed by atoms with Gasteiger partial charge < -0.3 is 15.0 Å². The van der Waals surface area contributed by atoms with Gasteiger partial charge in [-0.3, -0.25) is 4.79 Å². The van der Waals surface area contributed by atoms with Gasteiger partial charge in [0.2, 0.25) is 0 Å². The average Bonchev–Trinajstić information content (AvgIpc) is 3.25. The first-order chi connectivity index (χ1) is 14.7. The molecule has 5 rings (SSSR count). The molecule has 0 saturated carbocycles. The highest BCUT2D eigenvalue weighted by molar-refractivity contribution is 6.30.